The van der Waals surface area contributed by atoms with Gasteiger partial charge in [0.2, 0.25) is 0 Å². The first-order valence-electron chi connectivity index (χ1n) is 5.07. The van der Waals surface area contributed by atoms with E-state index in [1.54, 1.807) is 14.2 Å². The zero-order chi connectivity index (χ0) is 10.1. The van der Waals surface area contributed by atoms with Gasteiger partial charge in [0.1, 0.15) is 0 Å². The van der Waals surface area contributed by atoms with E-state index in [4.69, 9.17) is 14.6 Å². The lowest BCUT2D eigenvalue weighted by Crippen LogP contribution is -2.42. The van der Waals surface area contributed by atoms with Crippen LogP contribution in [0.1, 0.15) is 39.0 Å². The van der Waals surface area contributed by atoms with Gasteiger partial charge < -0.3 is 14.6 Å². The summed E-state index contributed by atoms with van der Waals surface area (Å²) >= 11 is 0. The van der Waals surface area contributed by atoms with Gasteiger partial charge in [-0.15, -0.1) is 0 Å². The molecule has 0 aromatic heterocycles. The molecule has 0 bridgehead atoms. The number of hydrogen-bond donors (Lipinski definition) is 1. The highest BCUT2D eigenvalue weighted by Crippen LogP contribution is 2.06. The van der Waals surface area contributed by atoms with Gasteiger partial charge in [-0.05, 0) is 6.42 Å². The highest BCUT2D eigenvalue weighted by molar-refractivity contribution is 6.46. The van der Waals surface area contributed by atoms with Gasteiger partial charge in [0, 0.05) is 19.9 Å². The minimum atomic E-state index is -1.56. The average molecular weight is 205 g/mol. The van der Waals surface area contributed by atoms with Crippen LogP contribution in [0.2, 0.25) is 0 Å². The summed E-state index contributed by atoms with van der Waals surface area (Å²) in [6.07, 6.45) is 6.09. The van der Waals surface area contributed by atoms with Crippen LogP contribution in [0.4, 0.5) is 0 Å². The van der Waals surface area contributed by atoms with Gasteiger partial charge in [-0.3, -0.25) is 0 Å². The topological polar surface area (TPSA) is 44.5 Å². The maximum atomic E-state index is 5.93. The summed E-state index contributed by atoms with van der Waals surface area (Å²) in [4.78, 5) is 0. The molecule has 13 heavy (non-hydrogen) atoms. The van der Waals surface area contributed by atoms with Gasteiger partial charge >= 0.3 is 9.28 Å². The van der Waals surface area contributed by atoms with E-state index in [1.165, 1.54) is 25.7 Å². The molecule has 4 heteroatoms. The number of nitrogens with two attached hydrogens (primary N) is 1. The summed E-state index contributed by atoms with van der Waals surface area (Å²) in [6.45, 7) is 2.21. The fourth-order valence-corrected chi connectivity index (χ4v) is 2.79. The Bertz CT molecular complexity index is 110. The van der Waals surface area contributed by atoms with Crippen LogP contribution in [0.5, 0.6) is 0 Å². The molecule has 0 aliphatic rings. The Balaban J connectivity index is 3.42. The molecule has 0 heterocycles. The zero-order valence-corrected chi connectivity index (χ0v) is 10.2. The van der Waals surface area contributed by atoms with Crippen molar-refractivity contribution in [3.63, 3.8) is 0 Å². The standard InChI is InChI=1S/C9H23NO2Si/c1-4-5-6-7-8-9(10)13(11-2)12-3/h9,13H,4-8,10H2,1-3H3. The number of hydrogen-bond acceptors (Lipinski definition) is 3. The molecule has 80 valence electrons. The molecular formula is C9H23NO2Si. The highest BCUT2D eigenvalue weighted by atomic mass is 28.3. The van der Waals surface area contributed by atoms with Gasteiger partial charge in [-0.25, -0.2) is 0 Å². The monoisotopic (exact) mass is 205 g/mol. The van der Waals surface area contributed by atoms with E-state index in [0.29, 0.717) is 0 Å². The Hall–Kier alpha value is 0.0969. The van der Waals surface area contributed by atoms with Gasteiger partial charge in [-0.2, -0.15) is 0 Å². The maximum Gasteiger partial charge on any atom is 0.338 e. The molecule has 0 rings (SSSR count). The molecule has 0 aliphatic heterocycles. The summed E-state index contributed by atoms with van der Waals surface area (Å²) < 4.78 is 10.4. The molecular weight excluding hydrogens is 182 g/mol. The lowest BCUT2D eigenvalue weighted by molar-refractivity contribution is 0.263. The van der Waals surface area contributed by atoms with Crippen molar-refractivity contribution >= 4 is 9.28 Å². The molecule has 0 spiro atoms. The van der Waals surface area contributed by atoms with Gasteiger partial charge in [0.25, 0.3) is 0 Å². The molecule has 0 aromatic rings. The van der Waals surface area contributed by atoms with Crippen molar-refractivity contribution in [2.24, 2.45) is 5.73 Å². The molecule has 0 aliphatic carbocycles. The SMILES string of the molecule is CCCCCCC(N)[SiH](OC)OC. The average Bonchev–Trinajstić information content (AvgIpc) is 2.14. The summed E-state index contributed by atoms with van der Waals surface area (Å²) in [5.74, 6) is 0. The van der Waals surface area contributed by atoms with Crippen molar-refractivity contribution in [2.45, 2.75) is 44.7 Å². The highest BCUT2D eigenvalue weighted by Gasteiger charge is 2.19. The van der Waals surface area contributed by atoms with Crippen molar-refractivity contribution < 1.29 is 8.85 Å². The Morgan fingerprint density at radius 1 is 1.15 bits per heavy atom. The maximum absolute atomic E-state index is 5.93. The fourth-order valence-electron chi connectivity index (χ4n) is 1.39. The third-order valence-electron chi connectivity index (χ3n) is 2.21. The summed E-state index contributed by atoms with van der Waals surface area (Å²) in [5.41, 5.74) is 6.08. The minimum absolute atomic E-state index is 0.145. The summed E-state index contributed by atoms with van der Waals surface area (Å²) in [7, 11) is 1.81. The first-order valence-corrected chi connectivity index (χ1v) is 6.68. The quantitative estimate of drug-likeness (QED) is 0.480. The summed E-state index contributed by atoms with van der Waals surface area (Å²) in [6, 6.07) is 0. The van der Waals surface area contributed by atoms with Crippen LogP contribution < -0.4 is 5.73 Å². The van der Waals surface area contributed by atoms with E-state index in [1.807, 2.05) is 0 Å². The van der Waals surface area contributed by atoms with Crippen LogP contribution in [0.3, 0.4) is 0 Å². The van der Waals surface area contributed by atoms with Crippen LogP contribution in [0, 0.1) is 0 Å². The fraction of sp³-hybridized carbons (Fsp3) is 1.00. The Morgan fingerprint density at radius 2 is 1.77 bits per heavy atom. The molecule has 1 unspecified atom stereocenters. The van der Waals surface area contributed by atoms with Crippen molar-refractivity contribution in [3.8, 4) is 0 Å². The molecule has 3 nitrogen and oxygen atoms in total. The third kappa shape index (κ3) is 6.21. The lowest BCUT2D eigenvalue weighted by Gasteiger charge is -2.18. The van der Waals surface area contributed by atoms with Crippen LogP contribution in [0.15, 0.2) is 0 Å². The van der Waals surface area contributed by atoms with Crippen molar-refractivity contribution in [1.82, 2.24) is 0 Å². The molecule has 0 saturated heterocycles. The van der Waals surface area contributed by atoms with Crippen molar-refractivity contribution in [1.29, 1.82) is 0 Å². The molecule has 0 amide bonds. The molecule has 0 radical (unpaired) electrons. The van der Waals surface area contributed by atoms with E-state index < -0.39 is 9.28 Å². The molecule has 0 aromatic carbocycles. The minimum Gasteiger partial charge on any atom is -0.399 e. The largest absolute Gasteiger partial charge is 0.399 e. The second kappa shape index (κ2) is 8.68. The Labute approximate surface area is 83.5 Å². The van der Waals surface area contributed by atoms with Crippen LogP contribution in [-0.2, 0) is 8.85 Å². The van der Waals surface area contributed by atoms with Crippen molar-refractivity contribution in [3.05, 3.63) is 0 Å². The van der Waals surface area contributed by atoms with Crippen LogP contribution >= 0.6 is 0 Å². The van der Waals surface area contributed by atoms with Gasteiger partial charge in [0.15, 0.2) is 0 Å². The predicted molar refractivity (Wildman–Crippen MR) is 57.9 cm³/mol. The van der Waals surface area contributed by atoms with Crippen molar-refractivity contribution in [2.75, 3.05) is 14.2 Å². The molecule has 2 N–H and O–H groups in total. The summed E-state index contributed by atoms with van der Waals surface area (Å²) in [5, 5.41) is 0. The van der Waals surface area contributed by atoms with Gasteiger partial charge in [0.05, 0.1) is 0 Å². The van der Waals surface area contributed by atoms with E-state index in [2.05, 4.69) is 6.92 Å². The molecule has 1 atom stereocenters. The molecule has 0 fully saturated rings. The Kier molecular flexibility index (Phi) is 8.75. The normalized spacial score (nSPS) is 13.6. The van der Waals surface area contributed by atoms with Crippen LogP contribution in [-0.4, -0.2) is 29.2 Å². The van der Waals surface area contributed by atoms with Crippen LogP contribution in [0.25, 0.3) is 0 Å². The second-order valence-electron chi connectivity index (χ2n) is 3.35. The number of rotatable bonds is 8. The van der Waals surface area contributed by atoms with E-state index in [0.717, 1.165) is 6.42 Å². The zero-order valence-electron chi connectivity index (χ0n) is 9.08. The second-order valence-corrected chi connectivity index (χ2v) is 5.89. The smallest absolute Gasteiger partial charge is 0.338 e. The first-order chi connectivity index (χ1) is 6.26. The predicted octanol–water partition coefficient (Wildman–Crippen LogP) is 1.34. The lowest BCUT2D eigenvalue weighted by atomic mass is 10.1. The van der Waals surface area contributed by atoms with E-state index >= 15 is 0 Å². The number of unbranched alkanes of at least 4 members (excludes halogenated alkanes) is 3. The van der Waals surface area contributed by atoms with E-state index in [-0.39, 0.29) is 5.67 Å². The Morgan fingerprint density at radius 3 is 2.23 bits per heavy atom. The van der Waals surface area contributed by atoms with E-state index in [9.17, 15) is 0 Å². The first kappa shape index (κ1) is 13.1. The molecule has 0 saturated carbocycles. The van der Waals surface area contributed by atoms with Gasteiger partial charge in [-0.1, -0.05) is 32.6 Å². The third-order valence-corrected chi connectivity index (χ3v) is 4.17.